The number of carbonyl (C=O) groups excluding carboxylic acids is 2. The lowest BCUT2D eigenvalue weighted by Crippen LogP contribution is -2.42. The van der Waals surface area contributed by atoms with Gasteiger partial charge in [-0.25, -0.2) is 4.79 Å². The highest BCUT2D eigenvalue weighted by molar-refractivity contribution is 6.07. The van der Waals surface area contributed by atoms with Crippen molar-refractivity contribution in [2.24, 2.45) is 5.10 Å². The summed E-state index contributed by atoms with van der Waals surface area (Å²) < 4.78 is 5.47. The highest BCUT2D eigenvalue weighted by atomic mass is 16.5. The van der Waals surface area contributed by atoms with Crippen LogP contribution in [-0.2, 0) is 4.79 Å². The first-order valence-electron chi connectivity index (χ1n) is 6.94. The molecule has 1 atom stereocenters. The van der Waals surface area contributed by atoms with Crippen LogP contribution < -0.4 is 10.1 Å². The van der Waals surface area contributed by atoms with Gasteiger partial charge in [-0.2, -0.15) is 5.10 Å². The van der Waals surface area contributed by atoms with Crippen LogP contribution in [0.4, 0.5) is 4.79 Å². The zero-order chi connectivity index (χ0) is 15.5. The lowest BCUT2D eigenvalue weighted by atomic mass is 10.00. The molecule has 0 spiro atoms. The van der Waals surface area contributed by atoms with Gasteiger partial charge in [0.1, 0.15) is 11.3 Å². The van der Waals surface area contributed by atoms with Gasteiger partial charge in [0, 0.05) is 5.56 Å². The van der Waals surface area contributed by atoms with Crippen molar-refractivity contribution >= 4 is 18.2 Å². The van der Waals surface area contributed by atoms with Gasteiger partial charge in [-0.1, -0.05) is 19.1 Å². The van der Waals surface area contributed by atoms with Crippen molar-refractivity contribution in [3.8, 4) is 5.75 Å². The molecular weight excluding hydrogens is 270 g/mol. The van der Waals surface area contributed by atoms with E-state index >= 15 is 0 Å². The Morgan fingerprint density at radius 1 is 1.33 bits per heavy atom. The molecule has 3 amide bonds. The molecule has 112 valence electrons. The van der Waals surface area contributed by atoms with Gasteiger partial charge in [0.25, 0.3) is 5.91 Å². The first-order chi connectivity index (χ1) is 10.0. The molecule has 1 aliphatic heterocycles. The molecule has 0 saturated carbocycles. The van der Waals surface area contributed by atoms with Gasteiger partial charge in [0.2, 0.25) is 0 Å². The molecule has 1 aromatic rings. The Kier molecular flexibility index (Phi) is 4.26. The highest BCUT2D eigenvalue weighted by Gasteiger charge is 2.46. The predicted octanol–water partition coefficient (Wildman–Crippen LogP) is 2.14. The number of hydrogen-bond donors (Lipinski definition) is 1. The zero-order valence-corrected chi connectivity index (χ0v) is 12.4. The molecule has 1 saturated heterocycles. The summed E-state index contributed by atoms with van der Waals surface area (Å²) in [5.41, 5.74) is -0.168. The average Bonchev–Trinajstić information content (AvgIpc) is 2.69. The number of para-hydroxylation sites is 1. The number of nitrogens with zero attached hydrogens (tertiary/aromatic N) is 2. The van der Waals surface area contributed by atoms with E-state index in [1.165, 1.54) is 6.21 Å². The third-order valence-electron chi connectivity index (χ3n) is 3.48. The van der Waals surface area contributed by atoms with Crippen LogP contribution in [0, 0.1) is 0 Å². The number of hydrogen-bond acceptors (Lipinski definition) is 4. The van der Waals surface area contributed by atoms with Crippen molar-refractivity contribution in [2.75, 3.05) is 6.61 Å². The normalized spacial score (nSPS) is 22.0. The summed E-state index contributed by atoms with van der Waals surface area (Å²) in [6, 6.07) is 6.81. The van der Waals surface area contributed by atoms with Crippen LogP contribution in [0.3, 0.4) is 0 Å². The highest BCUT2D eigenvalue weighted by Crippen LogP contribution is 2.21. The van der Waals surface area contributed by atoms with Gasteiger partial charge in [-0.3, -0.25) is 4.79 Å². The Balaban J connectivity index is 2.22. The van der Waals surface area contributed by atoms with Crippen LogP contribution in [0.15, 0.2) is 29.4 Å². The van der Waals surface area contributed by atoms with E-state index in [1.807, 2.05) is 38.1 Å². The fourth-order valence-electron chi connectivity index (χ4n) is 2.01. The van der Waals surface area contributed by atoms with E-state index in [0.29, 0.717) is 24.3 Å². The molecule has 6 heteroatoms. The largest absolute Gasteiger partial charge is 0.493 e. The minimum atomic E-state index is -0.881. The summed E-state index contributed by atoms with van der Waals surface area (Å²) in [4.78, 5) is 24.0. The van der Waals surface area contributed by atoms with Gasteiger partial charge < -0.3 is 10.1 Å². The van der Waals surface area contributed by atoms with Crippen molar-refractivity contribution in [1.82, 2.24) is 10.3 Å². The maximum atomic E-state index is 12.2. The Bertz CT molecular complexity index is 585. The second-order valence-electron chi connectivity index (χ2n) is 4.95. The molecule has 0 aliphatic carbocycles. The molecule has 0 aromatic heterocycles. The molecule has 1 N–H and O–H groups in total. The molecular formula is C15H19N3O3. The topological polar surface area (TPSA) is 71.0 Å². The monoisotopic (exact) mass is 289 g/mol. The summed E-state index contributed by atoms with van der Waals surface area (Å²) in [5.74, 6) is 0.314. The number of nitrogens with one attached hydrogen (secondary N) is 1. The van der Waals surface area contributed by atoms with Crippen LogP contribution in [-0.4, -0.2) is 35.3 Å². The summed E-state index contributed by atoms with van der Waals surface area (Å²) in [6.07, 6.45) is 1.98. The molecule has 0 bridgehead atoms. The number of benzene rings is 1. The number of rotatable bonds is 5. The molecule has 1 aromatic carbocycles. The molecule has 0 radical (unpaired) electrons. The van der Waals surface area contributed by atoms with Crippen molar-refractivity contribution < 1.29 is 14.3 Å². The number of carbonyl (C=O) groups is 2. The van der Waals surface area contributed by atoms with E-state index in [0.717, 1.165) is 5.01 Å². The standard InChI is InChI=1S/C15H19N3O3/c1-4-15(3)13(19)18(14(20)17-15)16-10-11-8-6-7-9-12(11)21-5-2/h6-10H,4-5H2,1-3H3,(H,17,20). The van der Waals surface area contributed by atoms with E-state index in [9.17, 15) is 9.59 Å². The maximum absolute atomic E-state index is 12.2. The van der Waals surface area contributed by atoms with Gasteiger partial charge in [0.05, 0.1) is 12.8 Å². The third-order valence-corrected chi connectivity index (χ3v) is 3.48. The first kappa shape index (κ1) is 15.0. The molecule has 21 heavy (non-hydrogen) atoms. The van der Waals surface area contributed by atoms with Crippen molar-refractivity contribution in [1.29, 1.82) is 0 Å². The Morgan fingerprint density at radius 3 is 2.67 bits per heavy atom. The maximum Gasteiger partial charge on any atom is 0.346 e. The second kappa shape index (κ2) is 5.95. The summed E-state index contributed by atoms with van der Waals surface area (Å²) in [6.45, 7) is 5.95. The summed E-state index contributed by atoms with van der Waals surface area (Å²) in [7, 11) is 0. The fourth-order valence-corrected chi connectivity index (χ4v) is 2.01. The Hall–Kier alpha value is -2.37. The molecule has 6 nitrogen and oxygen atoms in total. The predicted molar refractivity (Wildman–Crippen MR) is 79.3 cm³/mol. The van der Waals surface area contributed by atoms with Gasteiger partial charge in [-0.05, 0) is 32.4 Å². The minimum absolute atomic E-state index is 0.347. The van der Waals surface area contributed by atoms with Crippen LogP contribution in [0.25, 0.3) is 0 Å². The number of urea groups is 1. The van der Waals surface area contributed by atoms with E-state index in [2.05, 4.69) is 10.4 Å². The van der Waals surface area contributed by atoms with E-state index in [-0.39, 0.29) is 5.91 Å². The zero-order valence-electron chi connectivity index (χ0n) is 12.4. The van der Waals surface area contributed by atoms with Crippen LogP contribution in [0.1, 0.15) is 32.8 Å². The van der Waals surface area contributed by atoms with Gasteiger partial charge in [0.15, 0.2) is 0 Å². The fraction of sp³-hybridized carbons (Fsp3) is 0.400. The Labute approximate surface area is 123 Å². The third kappa shape index (κ3) is 2.89. The van der Waals surface area contributed by atoms with Gasteiger partial charge in [-0.15, -0.1) is 5.01 Å². The summed E-state index contributed by atoms with van der Waals surface area (Å²) in [5, 5.41) is 7.52. The van der Waals surface area contributed by atoms with Crippen LogP contribution >= 0.6 is 0 Å². The number of imide groups is 1. The molecule has 1 unspecified atom stereocenters. The van der Waals surface area contributed by atoms with Crippen molar-refractivity contribution in [3.63, 3.8) is 0 Å². The molecule has 1 aliphatic rings. The number of amides is 3. The quantitative estimate of drug-likeness (QED) is 0.667. The van der Waals surface area contributed by atoms with Crippen LogP contribution in [0.2, 0.25) is 0 Å². The van der Waals surface area contributed by atoms with Crippen molar-refractivity contribution in [2.45, 2.75) is 32.7 Å². The van der Waals surface area contributed by atoms with E-state index < -0.39 is 11.6 Å². The summed E-state index contributed by atoms with van der Waals surface area (Å²) >= 11 is 0. The number of ether oxygens (including phenoxy) is 1. The smallest absolute Gasteiger partial charge is 0.346 e. The van der Waals surface area contributed by atoms with Crippen molar-refractivity contribution in [3.05, 3.63) is 29.8 Å². The SMILES string of the molecule is CCOc1ccccc1C=NN1C(=O)NC(C)(CC)C1=O. The first-order valence-corrected chi connectivity index (χ1v) is 6.94. The number of hydrazone groups is 1. The average molecular weight is 289 g/mol. The van der Waals surface area contributed by atoms with Gasteiger partial charge >= 0.3 is 6.03 Å². The van der Waals surface area contributed by atoms with E-state index in [1.54, 1.807) is 6.92 Å². The van der Waals surface area contributed by atoms with Crippen LogP contribution in [0.5, 0.6) is 5.75 Å². The van der Waals surface area contributed by atoms with E-state index in [4.69, 9.17) is 4.74 Å². The lowest BCUT2D eigenvalue weighted by Gasteiger charge is -2.17. The Morgan fingerprint density at radius 2 is 2.05 bits per heavy atom. The second-order valence-corrected chi connectivity index (χ2v) is 4.95. The molecule has 1 fully saturated rings. The molecule has 1 heterocycles. The minimum Gasteiger partial charge on any atom is -0.493 e. The molecule has 2 rings (SSSR count). The lowest BCUT2D eigenvalue weighted by molar-refractivity contribution is -0.130.